The van der Waals surface area contributed by atoms with Gasteiger partial charge in [-0.05, 0) is 19.1 Å². The second kappa shape index (κ2) is 6.48. The quantitative estimate of drug-likeness (QED) is 0.373. The molecule has 0 radical (unpaired) electrons. The topological polar surface area (TPSA) is 82.8 Å². The molecule has 23 heavy (non-hydrogen) atoms. The molecule has 0 saturated carbocycles. The van der Waals surface area contributed by atoms with Gasteiger partial charge in [0.05, 0.1) is 5.92 Å². The largest absolute Gasteiger partial charge is 0.423 e. The number of rotatable bonds is 4. The first kappa shape index (κ1) is 16.5. The lowest BCUT2D eigenvalue weighted by Gasteiger charge is -2.12. The maximum atomic E-state index is 11.8. The van der Waals surface area contributed by atoms with Crippen LogP contribution in [0.25, 0.3) is 11.0 Å². The van der Waals surface area contributed by atoms with Crippen LogP contribution < -0.4 is 15.1 Å². The minimum absolute atomic E-state index is 0.0196. The molecule has 0 unspecified atom stereocenters. The fourth-order valence-corrected chi connectivity index (χ4v) is 1.65. The monoisotopic (exact) mass is 316 g/mol. The Morgan fingerprint density at radius 1 is 1.13 bits per heavy atom. The normalized spacial score (nSPS) is 10.6. The summed E-state index contributed by atoms with van der Waals surface area (Å²) in [6, 6.07) is 5.58. The Morgan fingerprint density at radius 3 is 2.39 bits per heavy atom. The Hall–Kier alpha value is -2.89. The Kier molecular flexibility index (Phi) is 4.64. The van der Waals surface area contributed by atoms with Crippen LogP contribution in [0.4, 0.5) is 0 Å². The molecule has 1 heterocycles. The second-order valence-corrected chi connectivity index (χ2v) is 5.34. The number of fused-ring (bicyclic) bond motifs is 1. The first-order valence-corrected chi connectivity index (χ1v) is 6.95. The predicted molar refractivity (Wildman–Crippen MR) is 83.4 cm³/mol. The van der Waals surface area contributed by atoms with Crippen molar-refractivity contribution in [2.75, 3.05) is 0 Å². The highest BCUT2D eigenvalue weighted by Crippen LogP contribution is 2.33. The van der Waals surface area contributed by atoms with Gasteiger partial charge in [-0.1, -0.05) is 20.4 Å². The molecule has 2 aromatic rings. The SMILES string of the molecule is C=C(C)C(=O)Oc1cc2oc(=O)ccc2cc1OC(=O)C(C)C. The standard InChI is InChI=1S/C17H16O6/c1-9(2)16(19)22-13-7-11-5-6-15(18)21-12(11)8-14(13)23-17(20)10(3)4/h5-9H,3H2,1-2,4H3. The molecule has 120 valence electrons. The van der Waals surface area contributed by atoms with Gasteiger partial charge in [0.25, 0.3) is 0 Å². The molecule has 2 rings (SSSR count). The van der Waals surface area contributed by atoms with Crippen LogP contribution in [0.3, 0.4) is 0 Å². The van der Waals surface area contributed by atoms with Crippen molar-refractivity contribution < 1.29 is 23.5 Å². The summed E-state index contributed by atoms with van der Waals surface area (Å²) in [5.74, 6) is -1.46. The zero-order valence-corrected chi connectivity index (χ0v) is 13.0. The van der Waals surface area contributed by atoms with E-state index in [1.165, 1.54) is 31.2 Å². The Morgan fingerprint density at radius 2 is 1.78 bits per heavy atom. The van der Waals surface area contributed by atoms with Crippen LogP contribution in [-0.4, -0.2) is 11.9 Å². The summed E-state index contributed by atoms with van der Waals surface area (Å²) in [6.45, 7) is 8.35. The van der Waals surface area contributed by atoms with Crippen molar-refractivity contribution in [2.45, 2.75) is 20.8 Å². The highest BCUT2D eigenvalue weighted by molar-refractivity contribution is 5.91. The molecular formula is C17H16O6. The first-order chi connectivity index (χ1) is 10.8. The van der Waals surface area contributed by atoms with E-state index in [4.69, 9.17) is 13.9 Å². The number of esters is 2. The smallest absolute Gasteiger partial charge is 0.338 e. The van der Waals surface area contributed by atoms with E-state index in [1.54, 1.807) is 13.8 Å². The van der Waals surface area contributed by atoms with Gasteiger partial charge in [0.2, 0.25) is 0 Å². The van der Waals surface area contributed by atoms with Gasteiger partial charge in [-0.25, -0.2) is 9.59 Å². The van der Waals surface area contributed by atoms with Gasteiger partial charge in [0.15, 0.2) is 11.5 Å². The molecule has 0 amide bonds. The van der Waals surface area contributed by atoms with E-state index in [1.807, 2.05) is 0 Å². The fraction of sp³-hybridized carbons (Fsp3) is 0.235. The lowest BCUT2D eigenvalue weighted by atomic mass is 10.2. The summed E-state index contributed by atoms with van der Waals surface area (Å²) >= 11 is 0. The van der Waals surface area contributed by atoms with Crippen LogP contribution in [0, 0.1) is 5.92 Å². The molecule has 0 atom stereocenters. The molecule has 6 heteroatoms. The van der Waals surface area contributed by atoms with Crippen LogP contribution in [0.5, 0.6) is 11.5 Å². The van der Waals surface area contributed by atoms with Gasteiger partial charge in [-0.15, -0.1) is 0 Å². The molecule has 0 aliphatic rings. The Bertz CT molecular complexity index is 844. The molecule has 6 nitrogen and oxygen atoms in total. The number of hydrogen-bond donors (Lipinski definition) is 0. The fourth-order valence-electron chi connectivity index (χ4n) is 1.65. The summed E-state index contributed by atoms with van der Waals surface area (Å²) in [6.07, 6.45) is 0. The molecule has 0 bridgehead atoms. The molecule has 1 aromatic heterocycles. The number of carbonyl (C=O) groups excluding carboxylic acids is 2. The summed E-state index contributed by atoms with van der Waals surface area (Å²) in [5.41, 5.74) is -0.145. The van der Waals surface area contributed by atoms with E-state index in [2.05, 4.69) is 6.58 Å². The van der Waals surface area contributed by atoms with Crippen molar-refractivity contribution >= 4 is 22.9 Å². The summed E-state index contributed by atoms with van der Waals surface area (Å²) in [4.78, 5) is 34.9. The lowest BCUT2D eigenvalue weighted by Crippen LogP contribution is -2.16. The summed E-state index contributed by atoms with van der Waals surface area (Å²) in [5, 5.41) is 0.534. The molecule has 0 saturated heterocycles. The lowest BCUT2D eigenvalue weighted by molar-refractivity contribution is -0.138. The third-order valence-electron chi connectivity index (χ3n) is 2.92. The highest BCUT2D eigenvalue weighted by Gasteiger charge is 2.18. The maximum absolute atomic E-state index is 11.8. The van der Waals surface area contributed by atoms with Gasteiger partial charge in [-0.2, -0.15) is 0 Å². The second-order valence-electron chi connectivity index (χ2n) is 5.34. The van der Waals surface area contributed by atoms with E-state index < -0.39 is 17.6 Å². The number of ether oxygens (including phenoxy) is 2. The van der Waals surface area contributed by atoms with Gasteiger partial charge in [0, 0.05) is 23.1 Å². The van der Waals surface area contributed by atoms with E-state index in [0.717, 1.165) is 0 Å². The van der Waals surface area contributed by atoms with E-state index in [-0.39, 0.29) is 28.6 Å². The van der Waals surface area contributed by atoms with Crippen LogP contribution >= 0.6 is 0 Å². The number of benzene rings is 1. The van der Waals surface area contributed by atoms with Crippen molar-refractivity contribution in [3.05, 3.63) is 46.8 Å². The molecule has 0 fully saturated rings. The minimum atomic E-state index is -0.676. The van der Waals surface area contributed by atoms with Crippen molar-refractivity contribution in [2.24, 2.45) is 5.92 Å². The van der Waals surface area contributed by atoms with Gasteiger partial charge in [-0.3, -0.25) is 4.79 Å². The molecule has 0 aliphatic carbocycles. The molecule has 0 N–H and O–H groups in total. The van der Waals surface area contributed by atoms with Crippen LogP contribution in [0.15, 0.2) is 45.6 Å². The number of carbonyl (C=O) groups is 2. The van der Waals surface area contributed by atoms with Crippen molar-refractivity contribution in [3.8, 4) is 11.5 Å². The average molecular weight is 316 g/mol. The van der Waals surface area contributed by atoms with Gasteiger partial charge in [0.1, 0.15) is 5.58 Å². The maximum Gasteiger partial charge on any atom is 0.338 e. The minimum Gasteiger partial charge on any atom is -0.423 e. The third kappa shape index (κ3) is 3.85. The predicted octanol–water partition coefficient (Wildman–Crippen LogP) is 2.84. The van der Waals surface area contributed by atoms with Crippen LogP contribution in [0.1, 0.15) is 20.8 Å². The molecular weight excluding hydrogens is 300 g/mol. The summed E-state index contributed by atoms with van der Waals surface area (Å²) < 4.78 is 15.5. The van der Waals surface area contributed by atoms with E-state index in [9.17, 15) is 14.4 Å². The van der Waals surface area contributed by atoms with Gasteiger partial charge >= 0.3 is 17.6 Å². The highest BCUT2D eigenvalue weighted by atomic mass is 16.6. The van der Waals surface area contributed by atoms with E-state index >= 15 is 0 Å². The van der Waals surface area contributed by atoms with Crippen LogP contribution in [0.2, 0.25) is 0 Å². The van der Waals surface area contributed by atoms with Gasteiger partial charge < -0.3 is 13.9 Å². The Labute approximate surface area is 132 Å². The number of hydrogen-bond acceptors (Lipinski definition) is 6. The van der Waals surface area contributed by atoms with E-state index in [0.29, 0.717) is 5.39 Å². The Balaban J connectivity index is 2.53. The van der Waals surface area contributed by atoms with Crippen molar-refractivity contribution in [3.63, 3.8) is 0 Å². The van der Waals surface area contributed by atoms with Crippen molar-refractivity contribution in [1.82, 2.24) is 0 Å². The van der Waals surface area contributed by atoms with Crippen LogP contribution in [-0.2, 0) is 9.59 Å². The van der Waals surface area contributed by atoms with Crippen molar-refractivity contribution in [1.29, 1.82) is 0 Å². The average Bonchev–Trinajstić information content (AvgIpc) is 2.47. The summed E-state index contributed by atoms with van der Waals surface area (Å²) in [7, 11) is 0. The molecule has 0 spiro atoms. The zero-order chi connectivity index (χ0) is 17.1. The first-order valence-electron chi connectivity index (χ1n) is 6.95. The third-order valence-corrected chi connectivity index (χ3v) is 2.92. The molecule has 1 aromatic carbocycles. The molecule has 0 aliphatic heterocycles. The zero-order valence-electron chi connectivity index (χ0n) is 13.0.